The van der Waals surface area contributed by atoms with E-state index in [1.54, 1.807) is 18.5 Å². The number of aliphatic hydroxyl groups excluding tert-OH is 1. The first-order chi connectivity index (χ1) is 17.7. The van der Waals surface area contributed by atoms with E-state index in [-0.39, 0.29) is 30.8 Å². The number of Topliss-reactive ketones (excluding diaryl/α,β-unsaturated/α-hetero) is 1. The van der Waals surface area contributed by atoms with Crippen LogP contribution < -0.4 is 4.74 Å². The second-order valence-electron chi connectivity index (χ2n) is 8.68. The molecular weight excluding hydrogens is 498 g/mol. The fourth-order valence-electron chi connectivity index (χ4n) is 3.77. The topological polar surface area (TPSA) is 72.3 Å². The maximum Gasteiger partial charge on any atom is 0.298 e. The van der Waals surface area contributed by atoms with Crippen molar-refractivity contribution in [3.8, 4) is 17.1 Å². The lowest BCUT2D eigenvalue weighted by molar-refractivity contribution is -0.117. The zero-order valence-electron chi connectivity index (χ0n) is 20.1. The molecule has 4 aromatic rings. The summed E-state index contributed by atoms with van der Waals surface area (Å²) >= 11 is 6.21. The molecule has 0 aliphatic carbocycles. The number of rotatable bonds is 10. The molecule has 3 aromatic carbocycles. The number of carbonyl (C=O) groups is 1. The first kappa shape index (κ1) is 26.4. The summed E-state index contributed by atoms with van der Waals surface area (Å²) in [5.41, 5.74) is 3.35. The van der Waals surface area contributed by atoms with Crippen LogP contribution in [0.2, 0.25) is 5.02 Å². The molecule has 0 spiro atoms. The van der Waals surface area contributed by atoms with E-state index in [4.69, 9.17) is 16.3 Å². The molecule has 5 nitrogen and oxygen atoms in total. The van der Waals surface area contributed by atoms with Gasteiger partial charge in [-0.05, 0) is 24.1 Å². The number of ketones is 1. The highest BCUT2D eigenvalue weighted by Crippen LogP contribution is 2.32. The molecule has 0 radical (unpaired) electrons. The highest BCUT2D eigenvalue weighted by Gasteiger charge is 2.37. The molecule has 0 bridgehead atoms. The van der Waals surface area contributed by atoms with Gasteiger partial charge in [-0.3, -0.25) is 4.79 Å². The van der Waals surface area contributed by atoms with Crippen molar-refractivity contribution in [2.75, 3.05) is 0 Å². The number of ether oxygens (including phenoxy) is 1. The van der Waals surface area contributed by atoms with Gasteiger partial charge in [0.15, 0.2) is 0 Å². The van der Waals surface area contributed by atoms with Crippen molar-refractivity contribution >= 4 is 17.4 Å². The summed E-state index contributed by atoms with van der Waals surface area (Å²) in [5, 5.41) is 9.89. The van der Waals surface area contributed by atoms with Crippen LogP contribution in [0.3, 0.4) is 0 Å². The molecule has 190 valence electrons. The van der Waals surface area contributed by atoms with Crippen molar-refractivity contribution in [2.24, 2.45) is 0 Å². The summed E-state index contributed by atoms with van der Waals surface area (Å²) < 4.78 is 33.8. The summed E-state index contributed by atoms with van der Waals surface area (Å²) in [6, 6.07) is 20.3. The number of benzene rings is 3. The van der Waals surface area contributed by atoms with Crippen molar-refractivity contribution < 1.29 is 23.4 Å². The van der Waals surface area contributed by atoms with Crippen LogP contribution in [-0.2, 0) is 30.2 Å². The Labute approximate surface area is 218 Å². The highest BCUT2D eigenvalue weighted by molar-refractivity contribution is 6.31. The molecule has 0 amide bonds. The van der Waals surface area contributed by atoms with E-state index >= 15 is 0 Å². The number of hydrogen-bond acceptors (Lipinski definition) is 5. The average molecular weight is 523 g/mol. The lowest BCUT2D eigenvalue weighted by atomic mass is 9.98. The summed E-state index contributed by atoms with van der Waals surface area (Å²) in [6.07, 6.45) is 1.65. The van der Waals surface area contributed by atoms with Gasteiger partial charge in [-0.2, -0.15) is 8.78 Å². The van der Waals surface area contributed by atoms with Gasteiger partial charge in [0, 0.05) is 46.9 Å². The zero-order chi connectivity index (χ0) is 26.4. The Morgan fingerprint density at radius 2 is 1.54 bits per heavy atom. The minimum atomic E-state index is -3.34. The van der Waals surface area contributed by atoms with E-state index in [1.807, 2.05) is 42.5 Å². The van der Waals surface area contributed by atoms with Crippen LogP contribution in [0.5, 0.6) is 5.88 Å². The van der Waals surface area contributed by atoms with Gasteiger partial charge < -0.3 is 9.84 Å². The van der Waals surface area contributed by atoms with Crippen molar-refractivity contribution in [3.63, 3.8) is 0 Å². The smallest absolute Gasteiger partial charge is 0.298 e. The predicted molar refractivity (Wildman–Crippen MR) is 138 cm³/mol. The van der Waals surface area contributed by atoms with Crippen molar-refractivity contribution in [1.82, 2.24) is 9.97 Å². The van der Waals surface area contributed by atoms with Gasteiger partial charge in [0.05, 0.1) is 0 Å². The first-order valence-corrected chi connectivity index (χ1v) is 12.1. The second kappa shape index (κ2) is 11.6. The van der Waals surface area contributed by atoms with Crippen LogP contribution in [0.25, 0.3) is 11.3 Å². The lowest BCUT2D eigenvalue weighted by Gasteiger charge is -2.19. The molecule has 0 aliphatic heterocycles. The molecule has 1 heterocycles. The fraction of sp³-hybridized carbons (Fsp3) is 0.207. The molecule has 37 heavy (non-hydrogen) atoms. The molecule has 1 atom stereocenters. The maximum absolute atomic E-state index is 13.9. The molecular formula is C29H25ClF2N2O3. The number of carbonyl (C=O) groups excluding carboxylic acids is 1. The van der Waals surface area contributed by atoms with Gasteiger partial charge >= 0.3 is 0 Å². The molecule has 0 saturated carbocycles. The average Bonchev–Trinajstić information content (AvgIpc) is 2.89. The zero-order valence-corrected chi connectivity index (χ0v) is 20.8. The van der Waals surface area contributed by atoms with E-state index in [1.165, 1.54) is 24.3 Å². The second-order valence-corrected chi connectivity index (χ2v) is 9.08. The van der Waals surface area contributed by atoms with E-state index in [0.717, 1.165) is 23.6 Å². The Kier molecular flexibility index (Phi) is 8.26. The standard InChI is InChI=1S/C29H25ClF2N2O3/c1-19(35)29(31,32)24-12-8-21(9-13-24)17-25(36)16-20-6-10-22(11-7-20)27-28(34-15-14-33-27)37-18-23-4-2-3-5-26(23)30/h2-15,19,35H,16-18H2,1H3. The van der Waals surface area contributed by atoms with Gasteiger partial charge in [-0.15, -0.1) is 0 Å². The van der Waals surface area contributed by atoms with Gasteiger partial charge in [-0.25, -0.2) is 9.97 Å². The summed E-state index contributed by atoms with van der Waals surface area (Å²) in [7, 11) is 0. The van der Waals surface area contributed by atoms with E-state index in [0.29, 0.717) is 22.2 Å². The third-order valence-electron chi connectivity index (χ3n) is 5.88. The summed E-state index contributed by atoms with van der Waals surface area (Å²) in [6.45, 7) is 1.29. The van der Waals surface area contributed by atoms with E-state index < -0.39 is 12.0 Å². The Hall–Kier alpha value is -3.68. The van der Waals surface area contributed by atoms with Gasteiger partial charge in [0.25, 0.3) is 5.92 Å². The fourth-order valence-corrected chi connectivity index (χ4v) is 3.97. The van der Waals surface area contributed by atoms with Crippen molar-refractivity contribution in [3.05, 3.63) is 112 Å². The normalized spacial score (nSPS) is 12.2. The number of aliphatic hydroxyl groups is 1. The largest absolute Gasteiger partial charge is 0.471 e. The van der Waals surface area contributed by atoms with Crippen LogP contribution in [-0.4, -0.2) is 27.0 Å². The SMILES string of the molecule is CC(O)C(F)(F)c1ccc(CC(=O)Cc2ccc(-c3nccnc3OCc3ccccc3Cl)cc2)cc1. The number of halogens is 3. The number of alkyl halides is 2. The molecule has 8 heteroatoms. The maximum atomic E-state index is 13.9. The van der Waals surface area contributed by atoms with Crippen LogP contribution in [0.15, 0.2) is 85.2 Å². The molecule has 0 aliphatic rings. The van der Waals surface area contributed by atoms with Gasteiger partial charge in [0.2, 0.25) is 5.88 Å². The Morgan fingerprint density at radius 1 is 0.946 bits per heavy atom. The van der Waals surface area contributed by atoms with Crippen molar-refractivity contribution in [1.29, 1.82) is 0 Å². The Bertz CT molecular complexity index is 1360. The number of nitrogens with zero attached hydrogens (tertiary/aromatic N) is 2. The first-order valence-electron chi connectivity index (χ1n) is 11.7. The monoisotopic (exact) mass is 522 g/mol. The molecule has 1 aromatic heterocycles. The van der Waals surface area contributed by atoms with Crippen molar-refractivity contribution in [2.45, 2.75) is 38.4 Å². The number of aromatic nitrogens is 2. The minimum Gasteiger partial charge on any atom is -0.471 e. The number of hydrogen-bond donors (Lipinski definition) is 1. The minimum absolute atomic E-state index is 0.0500. The summed E-state index contributed by atoms with van der Waals surface area (Å²) in [5.74, 6) is -3.02. The molecule has 0 fully saturated rings. The van der Waals surface area contributed by atoms with Crippen LogP contribution in [0.4, 0.5) is 8.78 Å². The Morgan fingerprint density at radius 3 is 2.16 bits per heavy atom. The molecule has 4 rings (SSSR count). The van der Waals surface area contributed by atoms with Gasteiger partial charge in [0.1, 0.15) is 24.2 Å². The third kappa shape index (κ3) is 6.56. The summed E-state index contributed by atoms with van der Waals surface area (Å²) in [4.78, 5) is 21.3. The van der Waals surface area contributed by atoms with Crippen LogP contribution in [0.1, 0.15) is 29.2 Å². The van der Waals surface area contributed by atoms with E-state index in [9.17, 15) is 18.7 Å². The van der Waals surface area contributed by atoms with Crippen LogP contribution in [0, 0.1) is 0 Å². The van der Waals surface area contributed by atoms with E-state index in [2.05, 4.69) is 9.97 Å². The highest BCUT2D eigenvalue weighted by atomic mass is 35.5. The lowest BCUT2D eigenvalue weighted by Crippen LogP contribution is -2.27. The molecule has 1 unspecified atom stereocenters. The quantitative estimate of drug-likeness (QED) is 0.268. The molecule has 0 saturated heterocycles. The molecule has 1 N–H and O–H groups in total. The third-order valence-corrected chi connectivity index (χ3v) is 6.25. The van der Waals surface area contributed by atoms with Gasteiger partial charge in [-0.1, -0.05) is 78.3 Å². The predicted octanol–water partition coefficient (Wildman–Crippen LogP) is 6.20. The Balaban J connectivity index is 1.39. The van der Waals surface area contributed by atoms with Crippen LogP contribution >= 0.6 is 11.6 Å².